The van der Waals surface area contributed by atoms with Crippen molar-refractivity contribution in [3.05, 3.63) is 0 Å². The number of amides is 1. The van der Waals surface area contributed by atoms with E-state index in [1.54, 1.807) is 0 Å². The highest BCUT2D eigenvalue weighted by Gasteiger charge is 2.36. The van der Waals surface area contributed by atoms with Gasteiger partial charge in [-0.2, -0.15) is 0 Å². The predicted octanol–water partition coefficient (Wildman–Crippen LogP) is 2.44. The molecule has 0 aromatic rings. The molecule has 104 valence electrons. The van der Waals surface area contributed by atoms with Gasteiger partial charge in [-0.3, -0.25) is 4.79 Å². The van der Waals surface area contributed by atoms with E-state index in [4.69, 9.17) is 5.73 Å². The molecule has 2 saturated carbocycles. The number of carbonyl (C=O) groups is 1. The van der Waals surface area contributed by atoms with Gasteiger partial charge in [0.1, 0.15) is 0 Å². The van der Waals surface area contributed by atoms with Gasteiger partial charge < -0.3 is 11.1 Å². The van der Waals surface area contributed by atoms with E-state index < -0.39 is 0 Å². The molecule has 3 heteroatoms. The highest BCUT2D eigenvalue weighted by Crippen LogP contribution is 2.37. The number of nitrogens with one attached hydrogen (secondary N) is 1. The summed E-state index contributed by atoms with van der Waals surface area (Å²) < 4.78 is 0. The van der Waals surface area contributed by atoms with Gasteiger partial charge in [0, 0.05) is 12.1 Å². The topological polar surface area (TPSA) is 55.1 Å². The Morgan fingerprint density at radius 3 is 2.61 bits per heavy atom. The Labute approximate surface area is 111 Å². The Hall–Kier alpha value is -0.570. The summed E-state index contributed by atoms with van der Waals surface area (Å²) in [6, 6.07) is 0.421. The van der Waals surface area contributed by atoms with Gasteiger partial charge in [0.05, 0.1) is 5.92 Å². The van der Waals surface area contributed by atoms with E-state index in [1.165, 1.54) is 12.8 Å². The van der Waals surface area contributed by atoms with Crippen LogP contribution in [0.25, 0.3) is 0 Å². The third-order valence-electron chi connectivity index (χ3n) is 4.95. The fourth-order valence-electron chi connectivity index (χ4n) is 3.61. The fourth-order valence-corrected chi connectivity index (χ4v) is 3.61. The zero-order chi connectivity index (χ0) is 13.3. The number of rotatable bonds is 2. The highest BCUT2D eigenvalue weighted by atomic mass is 16.2. The molecule has 0 radical (unpaired) electrons. The number of carbonyl (C=O) groups excluding carboxylic acids is 1. The largest absolute Gasteiger partial charge is 0.353 e. The predicted molar refractivity (Wildman–Crippen MR) is 74.0 cm³/mol. The molecular weight excluding hydrogens is 224 g/mol. The summed E-state index contributed by atoms with van der Waals surface area (Å²) >= 11 is 0. The van der Waals surface area contributed by atoms with E-state index in [-0.39, 0.29) is 17.9 Å². The third kappa shape index (κ3) is 3.05. The van der Waals surface area contributed by atoms with Gasteiger partial charge in [0.25, 0.3) is 0 Å². The van der Waals surface area contributed by atoms with Crippen LogP contribution < -0.4 is 11.1 Å². The monoisotopic (exact) mass is 252 g/mol. The molecule has 18 heavy (non-hydrogen) atoms. The van der Waals surface area contributed by atoms with Crippen molar-refractivity contribution in [1.29, 1.82) is 0 Å². The summed E-state index contributed by atoms with van der Waals surface area (Å²) in [7, 11) is 0. The van der Waals surface area contributed by atoms with Crippen molar-refractivity contribution in [3.8, 4) is 0 Å². The Kier molecular flexibility index (Phi) is 4.00. The summed E-state index contributed by atoms with van der Waals surface area (Å²) in [6.45, 7) is 6.74. The molecule has 0 aromatic carbocycles. The SMILES string of the molecule is CC1CCCC(C(=O)NC2CCC(C)(C)C2)C1N. The van der Waals surface area contributed by atoms with Gasteiger partial charge in [-0.15, -0.1) is 0 Å². The molecule has 2 aliphatic rings. The number of nitrogens with two attached hydrogens (primary N) is 1. The molecule has 2 aliphatic carbocycles. The molecule has 0 aromatic heterocycles. The van der Waals surface area contributed by atoms with Gasteiger partial charge in [-0.1, -0.05) is 27.2 Å². The Bertz CT molecular complexity index is 314. The van der Waals surface area contributed by atoms with Crippen LogP contribution in [0.4, 0.5) is 0 Å². The summed E-state index contributed by atoms with van der Waals surface area (Å²) in [5, 5.41) is 3.24. The number of hydrogen-bond acceptors (Lipinski definition) is 2. The average Bonchev–Trinajstić information content (AvgIpc) is 2.62. The van der Waals surface area contributed by atoms with E-state index in [9.17, 15) is 4.79 Å². The molecular formula is C15H28N2O. The molecule has 0 bridgehead atoms. The second-order valence-electron chi connectivity index (χ2n) is 7.20. The molecule has 0 spiro atoms. The van der Waals surface area contributed by atoms with Gasteiger partial charge in [-0.25, -0.2) is 0 Å². The van der Waals surface area contributed by atoms with Crippen LogP contribution in [-0.2, 0) is 4.79 Å². The van der Waals surface area contributed by atoms with Crippen LogP contribution in [0.1, 0.15) is 59.3 Å². The maximum atomic E-state index is 12.3. The maximum Gasteiger partial charge on any atom is 0.224 e. The highest BCUT2D eigenvalue weighted by molar-refractivity contribution is 5.79. The quantitative estimate of drug-likeness (QED) is 0.793. The summed E-state index contributed by atoms with van der Waals surface area (Å²) in [5.41, 5.74) is 6.58. The molecule has 1 amide bonds. The second kappa shape index (κ2) is 5.20. The third-order valence-corrected chi connectivity index (χ3v) is 4.95. The standard InChI is InChI=1S/C15H28N2O/c1-10-5-4-6-12(13(10)16)14(18)17-11-7-8-15(2,3)9-11/h10-13H,4-9,16H2,1-3H3,(H,17,18). The van der Waals surface area contributed by atoms with E-state index in [1.807, 2.05) is 0 Å². The molecule has 0 heterocycles. The minimum absolute atomic E-state index is 0.0393. The Morgan fingerprint density at radius 2 is 2.00 bits per heavy atom. The minimum Gasteiger partial charge on any atom is -0.353 e. The van der Waals surface area contributed by atoms with E-state index in [2.05, 4.69) is 26.1 Å². The van der Waals surface area contributed by atoms with Crippen molar-refractivity contribution >= 4 is 5.91 Å². The van der Waals surface area contributed by atoms with Crippen molar-refractivity contribution in [3.63, 3.8) is 0 Å². The first kappa shape index (κ1) is 13.9. The smallest absolute Gasteiger partial charge is 0.224 e. The summed E-state index contributed by atoms with van der Waals surface area (Å²) in [5.74, 6) is 0.726. The van der Waals surface area contributed by atoms with Crippen molar-refractivity contribution in [2.75, 3.05) is 0 Å². The summed E-state index contributed by atoms with van der Waals surface area (Å²) in [6.07, 6.45) is 6.72. The molecule has 2 rings (SSSR count). The lowest BCUT2D eigenvalue weighted by molar-refractivity contribution is -0.127. The maximum absolute atomic E-state index is 12.3. The van der Waals surface area contributed by atoms with Gasteiger partial charge in [0.2, 0.25) is 5.91 Å². The minimum atomic E-state index is 0.0393. The average molecular weight is 252 g/mol. The van der Waals surface area contributed by atoms with Crippen molar-refractivity contribution in [1.82, 2.24) is 5.32 Å². The number of hydrogen-bond donors (Lipinski definition) is 2. The molecule has 2 fully saturated rings. The fraction of sp³-hybridized carbons (Fsp3) is 0.933. The lowest BCUT2D eigenvalue weighted by atomic mass is 9.77. The Morgan fingerprint density at radius 1 is 1.28 bits per heavy atom. The molecule has 4 unspecified atom stereocenters. The zero-order valence-electron chi connectivity index (χ0n) is 12.0. The molecule has 4 atom stereocenters. The van der Waals surface area contributed by atoms with Gasteiger partial charge in [-0.05, 0) is 43.4 Å². The second-order valence-corrected chi connectivity index (χ2v) is 7.20. The van der Waals surface area contributed by atoms with Crippen LogP contribution in [0, 0.1) is 17.3 Å². The molecule has 3 nitrogen and oxygen atoms in total. The van der Waals surface area contributed by atoms with Crippen LogP contribution in [-0.4, -0.2) is 18.0 Å². The lowest BCUT2D eigenvalue weighted by Gasteiger charge is -2.33. The molecule has 0 aliphatic heterocycles. The Balaban J connectivity index is 1.88. The van der Waals surface area contributed by atoms with Gasteiger partial charge >= 0.3 is 0 Å². The van der Waals surface area contributed by atoms with Crippen LogP contribution in [0.3, 0.4) is 0 Å². The van der Waals surface area contributed by atoms with Crippen molar-refractivity contribution in [2.24, 2.45) is 23.0 Å². The van der Waals surface area contributed by atoms with Crippen LogP contribution in [0.5, 0.6) is 0 Å². The van der Waals surface area contributed by atoms with Crippen molar-refractivity contribution < 1.29 is 4.79 Å². The zero-order valence-corrected chi connectivity index (χ0v) is 12.0. The van der Waals surface area contributed by atoms with Gasteiger partial charge in [0.15, 0.2) is 0 Å². The lowest BCUT2D eigenvalue weighted by Crippen LogP contribution is -2.49. The van der Waals surface area contributed by atoms with E-state index in [0.29, 0.717) is 17.4 Å². The summed E-state index contributed by atoms with van der Waals surface area (Å²) in [4.78, 5) is 12.3. The van der Waals surface area contributed by atoms with Crippen LogP contribution in [0.2, 0.25) is 0 Å². The molecule has 3 N–H and O–H groups in total. The van der Waals surface area contributed by atoms with Crippen molar-refractivity contribution in [2.45, 2.75) is 71.4 Å². The van der Waals surface area contributed by atoms with E-state index >= 15 is 0 Å². The van der Waals surface area contributed by atoms with Crippen LogP contribution in [0.15, 0.2) is 0 Å². The first-order chi connectivity index (χ1) is 8.39. The normalized spacial score (nSPS) is 39.6. The first-order valence-electron chi connectivity index (χ1n) is 7.45. The van der Waals surface area contributed by atoms with E-state index in [0.717, 1.165) is 25.7 Å². The first-order valence-corrected chi connectivity index (χ1v) is 7.45. The molecule has 0 saturated heterocycles. The van der Waals surface area contributed by atoms with Crippen LogP contribution >= 0.6 is 0 Å².